The van der Waals surface area contributed by atoms with E-state index in [1.165, 1.54) is 6.07 Å². The van der Waals surface area contributed by atoms with E-state index in [1.807, 2.05) is 50.4 Å². The number of aryl methyl sites for hydroxylation is 2. The standard InChI is InChI=1S/C32H30FN7O3/c1-19-29(38(2)37-36-19)22-15-24-28(35-17-22)31-25(16-26(32(41)42)39(31)18-20-7-4-3-5-8-20)40(24)30(21-10-13-43-14-11-21)27-23(33)9-6-12-34-27/h3-9,12,15-17,21,30H,10-11,13-14,18H2,1-2H3,(H,41,42). The van der Waals surface area contributed by atoms with Crippen LogP contribution < -0.4 is 0 Å². The molecule has 0 amide bonds. The number of rotatable bonds is 7. The van der Waals surface area contributed by atoms with Gasteiger partial charge in [-0.3, -0.25) is 9.97 Å². The van der Waals surface area contributed by atoms with Crippen molar-refractivity contribution in [3.05, 3.63) is 95.5 Å². The molecule has 218 valence electrons. The zero-order valence-electron chi connectivity index (χ0n) is 23.8. The number of carboxylic acids is 1. The number of benzene rings is 1. The summed E-state index contributed by atoms with van der Waals surface area (Å²) in [7, 11) is 1.83. The minimum atomic E-state index is -1.05. The summed E-state index contributed by atoms with van der Waals surface area (Å²) in [5.41, 5.74) is 6.49. The number of aromatic carboxylic acids is 1. The third-order valence-electron chi connectivity index (χ3n) is 8.42. The average molecular weight is 580 g/mol. The molecular weight excluding hydrogens is 549 g/mol. The minimum absolute atomic E-state index is 0.00790. The van der Waals surface area contributed by atoms with E-state index in [0.717, 1.165) is 28.0 Å². The van der Waals surface area contributed by atoms with Gasteiger partial charge in [-0.25, -0.2) is 13.9 Å². The van der Waals surface area contributed by atoms with Crippen molar-refractivity contribution in [1.29, 1.82) is 0 Å². The molecule has 0 saturated carbocycles. The molecule has 6 aromatic rings. The summed E-state index contributed by atoms with van der Waals surface area (Å²) in [4.78, 5) is 22.1. The number of carbonyl (C=O) groups is 1. The van der Waals surface area contributed by atoms with Crippen LogP contribution in [0.15, 0.2) is 67.0 Å². The van der Waals surface area contributed by atoms with Gasteiger partial charge < -0.3 is 19.0 Å². The van der Waals surface area contributed by atoms with E-state index in [9.17, 15) is 9.90 Å². The van der Waals surface area contributed by atoms with Crippen molar-refractivity contribution < 1.29 is 19.0 Å². The minimum Gasteiger partial charge on any atom is -0.477 e. The second-order valence-corrected chi connectivity index (χ2v) is 11.0. The maximum absolute atomic E-state index is 15.7. The molecule has 1 unspecified atom stereocenters. The molecule has 0 bridgehead atoms. The van der Waals surface area contributed by atoms with Crippen LogP contribution in [-0.4, -0.2) is 58.4 Å². The average Bonchev–Trinajstić information content (AvgIpc) is 3.65. The molecule has 0 aliphatic carbocycles. The fraction of sp³-hybridized carbons (Fsp3) is 0.281. The predicted molar refractivity (Wildman–Crippen MR) is 158 cm³/mol. The molecule has 0 spiro atoms. The molecule has 1 fully saturated rings. The van der Waals surface area contributed by atoms with Gasteiger partial charge >= 0.3 is 5.97 Å². The van der Waals surface area contributed by atoms with Crippen molar-refractivity contribution in [2.24, 2.45) is 13.0 Å². The lowest BCUT2D eigenvalue weighted by Crippen LogP contribution is -2.28. The van der Waals surface area contributed by atoms with Crippen molar-refractivity contribution in [3.8, 4) is 11.3 Å². The molecule has 6 heterocycles. The third-order valence-corrected chi connectivity index (χ3v) is 8.42. The van der Waals surface area contributed by atoms with Crippen LogP contribution in [0.25, 0.3) is 33.3 Å². The van der Waals surface area contributed by atoms with Crippen LogP contribution in [0.1, 0.15) is 46.3 Å². The fourth-order valence-electron chi connectivity index (χ4n) is 6.51. The summed E-state index contributed by atoms with van der Waals surface area (Å²) in [6, 6.07) is 15.9. The summed E-state index contributed by atoms with van der Waals surface area (Å²) >= 11 is 0. The maximum Gasteiger partial charge on any atom is 0.352 e. The van der Waals surface area contributed by atoms with E-state index in [2.05, 4.69) is 19.9 Å². The van der Waals surface area contributed by atoms with Gasteiger partial charge in [0.2, 0.25) is 0 Å². The van der Waals surface area contributed by atoms with Gasteiger partial charge in [0.05, 0.1) is 39.7 Å². The van der Waals surface area contributed by atoms with Gasteiger partial charge in [0.15, 0.2) is 0 Å². The first-order chi connectivity index (χ1) is 20.9. The van der Waals surface area contributed by atoms with E-state index in [1.54, 1.807) is 33.8 Å². The Morgan fingerprint density at radius 3 is 2.58 bits per heavy atom. The molecule has 1 aliphatic heterocycles. The predicted octanol–water partition coefficient (Wildman–Crippen LogP) is 5.39. The molecule has 1 aliphatic rings. The summed E-state index contributed by atoms with van der Waals surface area (Å²) in [5.74, 6) is -1.47. The Hall–Kier alpha value is -4.90. The second kappa shape index (κ2) is 10.7. The van der Waals surface area contributed by atoms with Crippen molar-refractivity contribution in [1.82, 2.24) is 34.1 Å². The number of fused-ring (bicyclic) bond motifs is 3. The lowest BCUT2D eigenvalue weighted by Gasteiger charge is -2.32. The highest BCUT2D eigenvalue weighted by atomic mass is 19.1. The van der Waals surface area contributed by atoms with Crippen LogP contribution in [0.4, 0.5) is 4.39 Å². The van der Waals surface area contributed by atoms with Crippen LogP contribution >= 0.6 is 0 Å². The normalized spacial score (nSPS) is 15.0. The SMILES string of the molecule is Cc1nnn(C)c1-c1cnc2c3c(cc(C(=O)O)n3Cc3ccccc3)n(C(c3ncccc3F)C3CCOCC3)c2c1. The van der Waals surface area contributed by atoms with Crippen LogP contribution in [0.2, 0.25) is 0 Å². The monoisotopic (exact) mass is 579 g/mol. The smallest absolute Gasteiger partial charge is 0.352 e. The number of carboxylic acid groups (broad SMARTS) is 1. The third kappa shape index (κ3) is 4.56. The molecule has 0 radical (unpaired) electrons. The number of nitrogens with zero attached hydrogens (tertiary/aromatic N) is 7. The zero-order valence-corrected chi connectivity index (χ0v) is 23.8. The summed E-state index contributed by atoms with van der Waals surface area (Å²) in [6.45, 7) is 3.33. The Morgan fingerprint density at radius 1 is 1.09 bits per heavy atom. The second-order valence-electron chi connectivity index (χ2n) is 11.0. The Labute approximate surface area is 246 Å². The number of pyridine rings is 2. The molecule has 1 aromatic carbocycles. The van der Waals surface area contributed by atoms with Crippen LogP contribution in [0, 0.1) is 18.7 Å². The highest BCUT2D eigenvalue weighted by Crippen LogP contribution is 2.42. The topological polar surface area (TPSA) is 113 Å². The molecule has 1 N–H and O–H groups in total. The fourth-order valence-corrected chi connectivity index (χ4v) is 6.51. The highest BCUT2D eigenvalue weighted by molar-refractivity contribution is 6.08. The molecule has 5 aromatic heterocycles. The number of aromatic nitrogens is 7. The van der Waals surface area contributed by atoms with Gasteiger partial charge in [-0.2, -0.15) is 0 Å². The van der Waals surface area contributed by atoms with Crippen molar-refractivity contribution >= 4 is 28.0 Å². The number of halogens is 1. The first kappa shape index (κ1) is 27.0. The van der Waals surface area contributed by atoms with Crippen molar-refractivity contribution in [2.45, 2.75) is 32.4 Å². The molecule has 11 heteroatoms. The Morgan fingerprint density at radius 2 is 1.88 bits per heavy atom. The zero-order chi connectivity index (χ0) is 29.7. The highest BCUT2D eigenvalue weighted by Gasteiger charge is 2.35. The largest absolute Gasteiger partial charge is 0.477 e. The van der Waals surface area contributed by atoms with Gasteiger partial charge in [-0.1, -0.05) is 35.5 Å². The first-order valence-electron chi connectivity index (χ1n) is 14.3. The summed E-state index contributed by atoms with van der Waals surface area (Å²) in [5, 5.41) is 18.7. The number of hydrogen-bond acceptors (Lipinski definition) is 6. The van der Waals surface area contributed by atoms with Crippen molar-refractivity contribution in [3.63, 3.8) is 0 Å². The van der Waals surface area contributed by atoms with Crippen molar-refractivity contribution in [2.75, 3.05) is 13.2 Å². The Balaban J connectivity index is 1.58. The molecule has 7 rings (SSSR count). The van der Waals surface area contributed by atoms with Crippen LogP contribution in [0.5, 0.6) is 0 Å². The number of ether oxygens (including phenoxy) is 1. The molecule has 1 saturated heterocycles. The van der Waals surface area contributed by atoms with E-state index in [4.69, 9.17) is 9.72 Å². The van der Waals surface area contributed by atoms with Gasteiger partial charge in [-0.15, -0.1) is 5.10 Å². The van der Waals surface area contributed by atoms with E-state index >= 15 is 4.39 Å². The number of hydrogen-bond donors (Lipinski definition) is 1. The molecule has 43 heavy (non-hydrogen) atoms. The lowest BCUT2D eigenvalue weighted by atomic mass is 9.88. The van der Waals surface area contributed by atoms with Crippen LogP contribution in [0.3, 0.4) is 0 Å². The maximum atomic E-state index is 15.7. The Kier molecular flexibility index (Phi) is 6.73. The summed E-state index contributed by atoms with van der Waals surface area (Å²) < 4.78 is 26.9. The quantitative estimate of drug-likeness (QED) is 0.270. The van der Waals surface area contributed by atoms with E-state index < -0.39 is 17.8 Å². The van der Waals surface area contributed by atoms with Gasteiger partial charge in [0.25, 0.3) is 0 Å². The molecule has 10 nitrogen and oxygen atoms in total. The Bertz CT molecular complexity index is 1950. The van der Waals surface area contributed by atoms with Gasteiger partial charge in [-0.05, 0) is 55.5 Å². The molecular formula is C32H30FN7O3. The van der Waals surface area contributed by atoms with E-state index in [-0.39, 0.29) is 11.6 Å². The van der Waals surface area contributed by atoms with Gasteiger partial charge in [0, 0.05) is 44.8 Å². The molecule has 1 atom stereocenters. The first-order valence-corrected chi connectivity index (χ1v) is 14.3. The van der Waals surface area contributed by atoms with Crippen LogP contribution in [-0.2, 0) is 18.3 Å². The summed E-state index contributed by atoms with van der Waals surface area (Å²) in [6.07, 6.45) is 4.78. The van der Waals surface area contributed by atoms with Gasteiger partial charge in [0.1, 0.15) is 17.0 Å². The lowest BCUT2D eigenvalue weighted by molar-refractivity contribution is 0.0543. The van der Waals surface area contributed by atoms with E-state index in [0.29, 0.717) is 54.8 Å².